The Morgan fingerprint density at radius 1 is 0.964 bits per heavy atom. The lowest BCUT2D eigenvalue weighted by Gasteiger charge is -2.35. The lowest BCUT2D eigenvalue weighted by atomic mass is 10.1. The molecule has 1 amide bonds. The molecule has 0 bridgehead atoms. The van der Waals surface area contributed by atoms with Crippen LogP contribution in [0.1, 0.15) is 10.4 Å². The van der Waals surface area contributed by atoms with Crippen LogP contribution < -0.4 is 9.64 Å². The molecule has 0 aliphatic carbocycles. The predicted octanol–water partition coefficient (Wildman–Crippen LogP) is 2.94. The number of para-hydroxylation sites is 1. The van der Waals surface area contributed by atoms with Crippen molar-refractivity contribution in [3.05, 3.63) is 72.7 Å². The molecular weight excluding hydrogens is 356 g/mol. The van der Waals surface area contributed by atoms with E-state index >= 15 is 0 Å². The number of ether oxygens (including phenoxy) is 1. The Balaban J connectivity index is 1.45. The van der Waals surface area contributed by atoms with Gasteiger partial charge in [0, 0.05) is 38.6 Å². The summed E-state index contributed by atoms with van der Waals surface area (Å²) < 4.78 is 5.78. The van der Waals surface area contributed by atoms with E-state index in [2.05, 4.69) is 14.9 Å². The van der Waals surface area contributed by atoms with E-state index in [9.17, 15) is 9.90 Å². The van der Waals surface area contributed by atoms with Gasteiger partial charge in [-0.25, -0.2) is 4.98 Å². The van der Waals surface area contributed by atoms with E-state index in [1.54, 1.807) is 35.6 Å². The summed E-state index contributed by atoms with van der Waals surface area (Å²) >= 11 is 0. The van der Waals surface area contributed by atoms with Crippen LogP contribution in [-0.2, 0) is 0 Å². The van der Waals surface area contributed by atoms with Gasteiger partial charge in [0.1, 0.15) is 23.1 Å². The van der Waals surface area contributed by atoms with Crippen LogP contribution in [0.25, 0.3) is 0 Å². The monoisotopic (exact) mass is 376 g/mol. The van der Waals surface area contributed by atoms with E-state index in [1.165, 1.54) is 6.07 Å². The third-order valence-corrected chi connectivity index (χ3v) is 4.62. The van der Waals surface area contributed by atoms with E-state index in [0.29, 0.717) is 37.7 Å². The van der Waals surface area contributed by atoms with Gasteiger partial charge >= 0.3 is 0 Å². The highest BCUT2D eigenvalue weighted by molar-refractivity contribution is 5.97. The van der Waals surface area contributed by atoms with Crippen molar-refractivity contribution in [1.29, 1.82) is 0 Å². The van der Waals surface area contributed by atoms with Crippen molar-refractivity contribution in [2.45, 2.75) is 0 Å². The average molecular weight is 376 g/mol. The maximum Gasteiger partial charge on any atom is 0.257 e. The molecule has 0 spiro atoms. The van der Waals surface area contributed by atoms with Crippen molar-refractivity contribution in [3.63, 3.8) is 0 Å². The lowest BCUT2D eigenvalue weighted by molar-refractivity contribution is 0.0743. The number of hydrogen-bond acceptors (Lipinski definition) is 6. The van der Waals surface area contributed by atoms with E-state index in [4.69, 9.17) is 4.74 Å². The van der Waals surface area contributed by atoms with Gasteiger partial charge in [-0.05, 0) is 30.3 Å². The van der Waals surface area contributed by atoms with Gasteiger partial charge in [-0.3, -0.25) is 9.78 Å². The summed E-state index contributed by atoms with van der Waals surface area (Å²) in [6.07, 6.45) is 5.01. The van der Waals surface area contributed by atoms with Gasteiger partial charge in [0.15, 0.2) is 0 Å². The second-order valence-electron chi connectivity index (χ2n) is 6.44. The van der Waals surface area contributed by atoms with Crippen LogP contribution in [0.2, 0.25) is 0 Å². The molecule has 0 saturated carbocycles. The minimum absolute atomic E-state index is 0.0539. The number of benzene rings is 2. The molecule has 1 aliphatic heterocycles. The molecule has 2 aromatic carbocycles. The number of amides is 1. The fourth-order valence-corrected chi connectivity index (χ4v) is 3.14. The van der Waals surface area contributed by atoms with Gasteiger partial charge in [-0.1, -0.05) is 18.2 Å². The summed E-state index contributed by atoms with van der Waals surface area (Å²) in [4.78, 5) is 25.1. The Kier molecular flexibility index (Phi) is 5.05. The van der Waals surface area contributed by atoms with Crippen LogP contribution in [0.4, 0.5) is 5.82 Å². The number of carbonyl (C=O) groups is 1. The van der Waals surface area contributed by atoms with Crippen LogP contribution in [0.5, 0.6) is 17.2 Å². The zero-order valence-electron chi connectivity index (χ0n) is 15.2. The SMILES string of the molecule is O=C(c1cc(Oc2ccccc2)ccc1O)N1CCN(c2cnccn2)CC1. The zero-order valence-corrected chi connectivity index (χ0v) is 15.2. The largest absolute Gasteiger partial charge is 0.507 e. The highest BCUT2D eigenvalue weighted by atomic mass is 16.5. The van der Waals surface area contributed by atoms with Crippen LogP contribution in [0.15, 0.2) is 67.1 Å². The molecule has 28 heavy (non-hydrogen) atoms. The van der Waals surface area contributed by atoms with E-state index in [1.807, 2.05) is 30.3 Å². The summed E-state index contributed by atoms with van der Waals surface area (Å²) in [5, 5.41) is 10.2. The lowest BCUT2D eigenvalue weighted by Crippen LogP contribution is -2.49. The third kappa shape index (κ3) is 3.88. The minimum Gasteiger partial charge on any atom is -0.507 e. The van der Waals surface area contributed by atoms with Crippen molar-refractivity contribution < 1.29 is 14.6 Å². The maximum atomic E-state index is 12.9. The quantitative estimate of drug-likeness (QED) is 0.754. The Morgan fingerprint density at radius 2 is 1.75 bits per heavy atom. The Bertz CT molecular complexity index is 942. The summed E-state index contributed by atoms with van der Waals surface area (Å²) in [5.74, 6) is 1.71. The number of aromatic hydroxyl groups is 1. The third-order valence-electron chi connectivity index (χ3n) is 4.62. The number of anilines is 1. The Labute approximate surface area is 162 Å². The number of hydrogen-bond donors (Lipinski definition) is 1. The fraction of sp³-hybridized carbons (Fsp3) is 0.190. The van der Waals surface area contributed by atoms with Crippen molar-refractivity contribution in [3.8, 4) is 17.2 Å². The van der Waals surface area contributed by atoms with Crippen LogP contribution in [-0.4, -0.2) is 52.1 Å². The molecule has 0 radical (unpaired) electrons. The van der Waals surface area contributed by atoms with Crippen molar-refractivity contribution in [2.75, 3.05) is 31.1 Å². The average Bonchev–Trinajstić information content (AvgIpc) is 2.76. The van der Waals surface area contributed by atoms with Gasteiger partial charge < -0.3 is 19.6 Å². The van der Waals surface area contributed by atoms with Gasteiger partial charge in [-0.2, -0.15) is 0 Å². The number of piperazine rings is 1. The predicted molar refractivity (Wildman–Crippen MR) is 105 cm³/mol. The topological polar surface area (TPSA) is 78.8 Å². The molecule has 1 N–H and O–H groups in total. The van der Waals surface area contributed by atoms with Crippen LogP contribution in [0.3, 0.4) is 0 Å². The molecule has 1 aromatic heterocycles. The molecule has 1 saturated heterocycles. The summed E-state index contributed by atoms with van der Waals surface area (Å²) in [7, 11) is 0. The second kappa shape index (κ2) is 7.96. The summed E-state index contributed by atoms with van der Waals surface area (Å²) in [6.45, 7) is 2.40. The molecule has 1 aliphatic rings. The highest BCUT2D eigenvalue weighted by Crippen LogP contribution is 2.28. The molecule has 7 nitrogen and oxygen atoms in total. The molecule has 2 heterocycles. The molecule has 142 valence electrons. The van der Waals surface area contributed by atoms with E-state index < -0.39 is 0 Å². The van der Waals surface area contributed by atoms with Gasteiger partial charge in [0.25, 0.3) is 5.91 Å². The summed E-state index contributed by atoms with van der Waals surface area (Å²) in [6, 6.07) is 14.0. The van der Waals surface area contributed by atoms with Gasteiger partial charge in [-0.15, -0.1) is 0 Å². The number of carbonyl (C=O) groups excluding carboxylic acids is 1. The Morgan fingerprint density at radius 3 is 2.46 bits per heavy atom. The standard InChI is InChI=1S/C21H20N4O3/c26-19-7-6-17(28-16-4-2-1-3-5-16)14-18(19)21(27)25-12-10-24(11-13-25)20-15-22-8-9-23-20/h1-9,14-15,26H,10-13H2. The van der Waals surface area contributed by atoms with Crippen molar-refractivity contribution in [1.82, 2.24) is 14.9 Å². The smallest absolute Gasteiger partial charge is 0.257 e. The zero-order chi connectivity index (χ0) is 19.3. The highest BCUT2D eigenvalue weighted by Gasteiger charge is 2.25. The number of aromatic nitrogens is 2. The molecule has 7 heteroatoms. The normalized spacial score (nSPS) is 14.0. The number of phenols is 1. The van der Waals surface area contributed by atoms with Gasteiger partial charge in [0.2, 0.25) is 0 Å². The number of rotatable bonds is 4. The maximum absolute atomic E-state index is 12.9. The molecule has 0 unspecified atom stereocenters. The molecule has 0 atom stereocenters. The Hall–Kier alpha value is -3.61. The second-order valence-corrected chi connectivity index (χ2v) is 6.44. The molecule has 3 aromatic rings. The van der Waals surface area contributed by atoms with Crippen LogP contribution >= 0.6 is 0 Å². The number of phenolic OH excluding ortho intramolecular Hbond substituents is 1. The first-order chi connectivity index (χ1) is 13.7. The van der Waals surface area contributed by atoms with Crippen molar-refractivity contribution >= 4 is 11.7 Å². The van der Waals surface area contributed by atoms with E-state index in [0.717, 1.165) is 5.82 Å². The first kappa shape index (κ1) is 17.8. The number of nitrogens with zero attached hydrogens (tertiary/aromatic N) is 4. The van der Waals surface area contributed by atoms with Gasteiger partial charge in [0.05, 0.1) is 11.8 Å². The minimum atomic E-state index is -0.213. The van der Waals surface area contributed by atoms with Crippen molar-refractivity contribution in [2.24, 2.45) is 0 Å². The first-order valence-corrected chi connectivity index (χ1v) is 9.07. The fourth-order valence-electron chi connectivity index (χ4n) is 3.14. The molecular formula is C21H20N4O3. The van der Waals surface area contributed by atoms with E-state index in [-0.39, 0.29) is 17.2 Å². The first-order valence-electron chi connectivity index (χ1n) is 9.07. The summed E-state index contributed by atoms with van der Waals surface area (Å²) in [5.41, 5.74) is 0.237. The molecule has 1 fully saturated rings. The molecule has 4 rings (SSSR count). The van der Waals surface area contributed by atoms with Crippen LogP contribution in [0, 0.1) is 0 Å².